The van der Waals surface area contributed by atoms with E-state index in [0.29, 0.717) is 0 Å². The van der Waals surface area contributed by atoms with Crippen LogP contribution in [0.3, 0.4) is 0 Å². The molecule has 0 saturated heterocycles. The fraction of sp³-hybridized carbons (Fsp3) is 0.300. The minimum absolute atomic E-state index is 0.0956. The number of benzene rings is 4. The summed E-state index contributed by atoms with van der Waals surface area (Å²) in [5.41, 5.74) is 21.2. The Labute approximate surface area is 274 Å². The van der Waals surface area contributed by atoms with Gasteiger partial charge in [0, 0.05) is 0 Å². The van der Waals surface area contributed by atoms with E-state index in [9.17, 15) is 0 Å². The first-order valence-electron chi connectivity index (χ1n) is 16.0. The average molecular weight is 716 g/mol. The molecule has 0 spiro atoms. The van der Waals surface area contributed by atoms with Gasteiger partial charge in [-0.25, -0.2) is 0 Å². The van der Waals surface area contributed by atoms with Crippen LogP contribution in [0.2, 0.25) is 13.1 Å². The van der Waals surface area contributed by atoms with Gasteiger partial charge >= 0.3 is 276 Å². The molecule has 0 bridgehead atoms. The molecule has 0 saturated carbocycles. The molecule has 0 amide bonds. The van der Waals surface area contributed by atoms with E-state index in [4.69, 9.17) is 17.0 Å². The quantitative estimate of drug-likeness (QED) is 0.181. The molecule has 2 atom stereocenters. The van der Waals surface area contributed by atoms with Gasteiger partial charge in [0.2, 0.25) is 0 Å². The van der Waals surface area contributed by atoms with Crippen LogP contribution in [0.5, 0.6) is 0 Å². The second kappa shape index (κ2) is 11.1. The molecule has 4 aromatic rings. The SMILES string of the molecule is CC1=Cc2c(-c3c(C)cc(C)cc3C)cccc2[CH]1[Zr]([Cl])([Cl])([CH]1C(C)=Cc2c(-c3c(C)cc(C)cc3C)cccc21)[SiH](C)C. The van der Waals surface area contributed by atoms with Gasteiger partial charge in [0.05, 0.1) is 0 Å². The van der Waals surface area contributed by atoms with Gasteiger partial charge in [-0.2, -0.15) is 0 Å². The van der Waals surface area contributed by atoms with Crippen LogP contribution in [-0.2, 0) is 15.6 Å². The molecule has 0 N–H and O–H groups in total. The summed E-state index contributed by atoms with van der Waals surface area (Å²) in [6.45, 7) is 22.8. The normalized spacial score (nSPS) is 18.5. The number of rotatable bonds is 5. The first kappa shape index (κ1) is 32.0. The summed E-state index contributed by atoms with van der Waals surface area (Å²) in [6, 6.07) is 22.9. The standard InChI is InChI=1S/2C19H19.C2H7Si.2ClH.Zr/c2*1-12-8-14(3)19(15(4)9-12)17-7-5-6-16-10-13(2)11-18(16)17;1-3-2;;;/h2*5-11H,1-4H3;3H,1-2H3;2*1H;/q;;;;;+2/p-2. The Morgan fingerprint density at radius 1 is 0.545 bits per heavy atom. The number of fused-ring (bicyclic) bond motifs is 2. The minimum atomic E-state index is -4.73. The maximum atomic E-state index is 8.51. The van der Waals surface area contributed by atoms with Crippen molar-refractivity contribution in [2.24, 2.45) is 0 Å². The van der Waals surface area contributed by atoms with E-state index >= 15 is 0 Å². The Morgan fingerprint density at radius 3 is 1.20 bits per heavy atom. The first-order chi connectivity index (χ1) is 20.6. The van der Waals surface area contributed by atoms with Crippen molar-refractivity contribution in [2.75, 3.05) is 0 Å². The number of aryl methyl sites for hydroxylation is 6. The molecule has 0 heterocycles. The molecule has 2 aliphatic rings. The molecule has 44 heavy (non-hydrogen) atoms. The van der Waals surface area contributed by atoms with Crippen LogP contribution in [0.25, 0.3) is 34.4 Å². The summed E-state index contributed by atoms with van der Waals surface area (Å²) in [6.07, 6.45) is 4.85. The van der Waals surface area contributed by atoms with Crippen molar-refractivity contribution in [3.8, 4) is 22.3 Å². The van der Waals surface area contributed by atoms with Crippen LogP contribution < -0.4 is 0 Å². The van der Waals surface area contributed by atoms with Crippen LogP contribution in [0.15, 0.2) is 71.8 Å². The van der Waals surface area contributed by atoms with E-state index in [1.165, 1.54) is 89.0 Å². The van der Waals surface area contributed by atoms with Gasteiger partial charge in [-0.05, 0) is 0 Å². The van der Waals surface area contributed by atoms with Crippen LogP contribution in [-0.4, -0.2) is 5.92 Å². The fourth-order valence-electron chi connectivity index (χ4n) is 9.05. The van der Waals surface area contributed by atoms with Gasteiger partial charge in [-0.15, -0.1) is 0 Å². The van der Waals surface area contributed by atoms with Crippen molar-refractivity contribution in [3.05, 3.63) is 127 Å². The van der Waals surface area contributed by atoms with E-state index < -0.39 is 21.5 Å². The zero-order chi connectivity index (χ0) is 31.9. The molecule has 2 unspecified atom stereocenters. The Kier molecular flexibility index (Phi) is 8.06. The second-order valence-corrected chi connectivity index (χ2v) is 56.7. The summed E-state index contributed by atoms with van der Waals surface area (Å²) >= 11 is -4.73. The number of halogens is 2. The van der Waals surface area contributed by atoms with Crippen molar-refractivity contribution in [2.45, 2.75) is 75.7 Å². The summed E-state index contributed by atoms with van der Waals surface area (Å²) in [7, 11) is 17.0. The third kappa shape index (κ3) is 4.69. The van der Waals surface area contributed by atoms with E-state index in [-0.39, 0.29) is 7.25 Å². The van der Waals surface area contributed by atoms with Gasteiger partial charge in [-0.1, -0.05) is 0 Å². The summed E-state index contributed by atoms with van der Waals surface area (Å²) < 4.78 is 0.191. The van der Waals surface area contributed by atoms with E-state index in [0.717, 1.165) is 0 Å². The van der Waals surface area contributed by atoms with E-state index in [1.54, 1.807) is 0 Å². The molecule has 0 aromatic heterocycles. The molecule has 0 nitrogen and oxygen atoms in total. The van der Waals surface area contributed by atoms with Crippen LogP contribution in [0.1, 0.15) is 76.7 Å². The predicted molar refractivity (Wildman–Crippen MR) is 196 cm³/mol. The van der Waals surface area contributed by atoms with E-state index in [2.05, 4.69) is 141 Å². The number of hydrogen-bond acceptors (Lipinski definition) is 0. The van der Waals surface area contributed by atoms with Crippen molar-refractivity contribution in [3.63, 3.8) is 0 Å². The zero-order valence-corrected chi connectivity index (χ0v) is 33.0. The van der Waals surface area contributed by atoms with Crippen LogP contribution in [0.4, 0.5) is 0 Å². The second-order valence-electron chi connectivity index (χ2n) is 14.2. The van der Waals surface area contributed by atoms with Crippen LogP contribution in [0, 0.1) is 41.5 Å². The fourth-order valence-corrected chi connectivity index (χ4v) is 42.0. The van der Waals surface area contributed by atoms with Crippen molar-refractivity contribution < 1.29 is 15.6 Å². The molecule has 0 aliphatic heterocycles. The third-order valence-corrected chi connectivity index (χ3v) is 62.9. The molecule has 4 aromatic carbocycles. The predicted octanol–water partition coefficient (Wildman–Crippen LogP) is 12.5. The molecule has 227 valence electrons. The van der Waals surface area contributed by atoms with E-state index in [1.807, 2.05) is 0 Å². The molecule has 0 fully saturated rings. The molecular weight excluding hydrogens is 671 g/mol. The molecule has 4 heteroatoms. The Balaban J connectivity index is 1.57. The summed E-state index contributed by atoms with van der Waals surface area (Å²) in [5.74, 6) is -1.59. The summed E-state index contributed by atoms with van der Waals surface area (Å²) in [4.78, 5) is 0. The maximum absolute atomic E-state index is 8.51. The van der Waals surface area contributed by atoms with Gasteiger partial charge in [0.15, 0.2) is 0 Å². The molecule has 2 aliphatic carbocycles. The van der Waals surface area contributed by atoms with Crippen LogP contribution >= 0.6 is 17.0 Å². The number of allylic oxidation sites excluding steroid dienone is 2. The van der Waals surface area contributed by atoms with Gasteiger partial charge in [0.1, 0.15) is 0 Å². The Morgan fingerprint density at radius 2 is 0.886 bits per heavy atom. The Hall–Kier alpha value is -1.96. The monoisotopic (exact) mass is 713 g/mol. The zero-order valence-electron chi connectivity index (χ0n) is 27.9. The Bertz CT molecular complexity index is 1750. The van der Waals surface area contributed by atoms with Crippen molar-refractivity contribution >= 4 is 35.1 Å². The first-order valence-corrected chi connectivity index (χ1v) is 32.3. The third-order valence-electron chi connectivity index (χ3n) is 10.7. The van der Waals surface area contributed by atoms with Gasteiger partial charge in [-0.3, -0.25) is 0 Å². The van der Waals surface area contributed by atoms with Crippen molar-refractivity contribution in [1.82, 2.24) is 0 Å². The van der Waals surface area contributed by atoms with Crippen molar-refractivity contribution in [1.29, 1.82) is 0 Å². The molecular formula is C40H45Cl2SiZr. The molecule has 6 rings (SSSR count). The summed E-state index contributed by atoms with van der Waals surface area (Å²) in [5, 5.41) is 0. The average Bonchev–Trinajstić information content (AvgIpc) is 3.45. The van der Waals surface area contributed by atoms with Gasteiger partial charge < -0.3 is 0 Å². The number of hydrogen-bond donors (Lipinski definition) is 0. The topological polar surface area (TPSA) is 0 Å². The molecule has 0 radical (unpaired) electrons. The van der Waals surface area contributed by atoms with Gasteiger partial charge in [0.25, 0.3) is 0 Å².